The molecular weight excluding hydrogens is 583 g/mol. The zero-order valence-corrected chi connectivity index (χ0v) is 29.9. The number of halogens is 1. The monoisotopic (exact) mass is 636 g/mol. The second-order valence-corrected chi connectivity index (χ2v) is 15.9. The summed E-state index contributed by atoms with van der Waals surface area (Å²) in [5.74, 6) is 0.637. The van der Waals surface area contributed by atoms with Crippen molar-refractivity contribution < 1.29 is 39.7 Å². The standard InChI is InChI=1S/C36H54N2O2.ClH.Mn/c1-33(2,3)25-17-23(31(39)27(19-25)35(7,8)9)21-37-29-15-13-14-16-30(29)38-22-24-18-26(34(4,5)6)20-28(32(24)40)36(10,11)12;;/h17-22,29-30,39-40H,13-16H2,1-12H3;1H;/p-1/t29-,30-;;/m0../s1. The van der Waals surface area contributed by atoms with Gasteiger partial charge in [-0.3, -0.25) is 9.98 Å². The molecule has 2 atom stereocenters. The zero-order chi connectivity index (χ0) is 30.3. The molecule has 1 aliphatic carbocycles. The first-order chi connectivity index (χ1) is 18.2. The van der Waals surface area contributed by atoms with Gasteiger partial charge in [-0.15, -0.1) is 0 Å². The number of nitrogens with zero attached hydrogens (tertiary/aromatic N) is 2. The first-order valence-corrected chi connectivity index (χ1v) is 15.0. The van der Waals surface area contributed by atoms with Gasteiger partial charge in [0.1, 0.15) is 11.5 Å². The fraction of sp³-hybridized carbons (Fsp3) is 0.611. The van der Waals surface area contributed by atoms with Gasteiger partial charge in [0.15, 0.2) is 0 Å². The van der Waals surface area contributed by atoms with Gasteiger partial charge >= 0.3 is 0 Å². The average Bonchev–Trinajstić information content (AvgIpc) is 2.80. The molecular formula is C36H54ClMnN2O2-. The third-order valence-electron chi connectivity index (χ3n) is 8.13. The molecule has 0 heterocycles. The molecule has 1 radical (unpaired) electrons. The molecule has 2 N–H and O–H groups in total. The number of phenolic OH excluding ortho intramolecular Hbond substituents is 2. The molecule has 42 heavy (non-hydrogen) atoms. The molecule has 1 saturated carbocycles. The second-order valence-electron chi connectivity index (χ2n) is 15.9. The van der Waals surface area contributed by atoms with E-state index in [1.165, 1.54) is 11.1 Å². The van der Waals surface area contributed by atoms with E-state index in [9.17, 15) is 10.2 Å². The van der Waals surface area contributed by atoms with Gasteiger partial charge in [0, 0.05) is 51.8 Å². The molecule has 0 unspecified atom stereocenters. The Morgan fingerprint density at radius 1 is 0.571 bits per heavy atom. The molecule has 6 heteroatoms. The maximum atomic E-state index is 11.2. The summed E-state index contributed by atoms with van der Waals surface area (Å²) in [5.41, 5.74) is 5.39. The van der Waals surface area contributed by atoms with E-state index >= 15 is 0 Å². The first-order valence-electron chi connectivity index (χ1n) is 15.0. The van der Waals surface area contributed by atoms with Crippen molar-refractivity contribution in [2.24, 2.45) is 9.98 Å². The molecule has 0 aliphatic heterocycles. The van der Waals surface area contributed by atoms with Crippen LogP contribution in [0, 0.1) is 0 Å². The maximum Gasteiger partial charge on any atom is 0.128 e. The molecule has 0 saturated heterocycles. The van der Waals surface area contributed by atoms with E-state index in [1.54, 1.807) is 0 Å². The predicted octanol–water partition coefficient (Wildman–Crippen LogP) is 6.14. The average molecular weight is 637 g/mol. The molecule has 2 aromatic rings. The number of aromatic hydroxyl groups is 2. The summed E-state index contributed by atoms with van der Waals surface area (Å²) in [5, 5.41) is 22.5. The van der Waals surface area contributed by atoms with Gasteiger partial charge in [-0.25, -0.2) is 0 Å². The van der Waals surface area contributed by atoms with Crippen LogP contribution in [0.1, 0.15) is 142 Å². The van der Waals surface area contributed by atoms with E-state index in [4.69, 9.17) is 9.98 Å². The van der Waals surface area contributed by atoms with Crippen molar-refractivity contribution in [3.05, 3.63) is 57.6 Å². The number of rotatable bonds is 4. The van der Waals surface area contributed by atoms with E-state index in [1.807, 2.05) is 12.4 Å². The molecule has 1 fully saturated rings. The minimum Gasteiger partial charge on any atom is -1.00 e. The van der Waals surface area contributed by atoms with Crippen LogP contribution in [-0.2, 0) is 38.7 Å². The molecule has 0 amide bonds. The van der Waals surface area contributed by atoms with Crippen molar-refractivity contribution in [3.63, 3.8) is 0 Å². The minimum absolute atomic E-state index is 0. The van der Waals surface area contributed by atoms with Crippen LogP contribution in [0.3, 0.4) is 0 Å². The Bertz CT molecular complexity index is 1170. The largest absolute Gasteiger partial charge is 1.00 e. The third-order valence-corrected chi connectivity index (χ3v) is 8.13. The van der Waals surface area contributed by atoms with E-state index in [0.717, 1.165) is 47.9 Å². The van der Waals surface area contributed by atoms with Gasteiger partial charge in [-0.1, -0.05) is 108 Å². The van der Waals surface area contributed by atoms with Crippen LogP contribution >= 0.6 is 0 Å². The van der Waals surface area contributed by atoms with Gasteiger partial charge < -0.3 is 22.6 Å². The van der Waals surface area contributed by atoms with Crippen molar-refractivity contribution >= 4 is 12.4 Å². The van der Waals surface area contributed by atoms with Gasteiger partial charge in [0.05, 0.1) is 12.1 Å². The zero-order valence-electron chi connectivity index (χ0n) is 28.0. The Labute approximate surface area is 272 Å². The van der Waals surface area contributed by atoms with E-state index < -0.39 is 0 Å². The van der Waals surface area contributed by atoms with Crippen molar-refractivity contribution in [2.75, 3.05) is 0 Å². The minimum atomic E-state index is -0.179. The third kappa shape index (κ3) is 9.34. The Hall–Kier alpha value is -1.81. The molecule has 0 aromatic heterocycles. The van der Waals surface area contributed by atoms with E-state index in [2.05, 4.69) is 107 Å². The van der Waals surface area contributed by atoms with Crippen molar-refractivity contribution in [1.29, 1.82) is 0 Å². The predicted molar refractivity (Wildman–Crippen MR) is 172 cm³/mol. The van der Waals surface area contributed by atoms with Gasteiger partial charge in [-0.05, 0) is 57.8 Å². The van der Waals surface area contributed by atoms with Crippen LogP contribution in [0.5, 0.6) is 11.5 Å². The second kappa shape index (κ2) is 13.9. The Balaban J connectivity index is 0.00000441. The van der Waals surface area contributed by atoms with E-state index in [0.29, 0.717) is 11.5 Å². The number of aliphatic imine (C=N–C) groups is 2. The van der Waals surface area contributed by atoms with Gasteiger partial charge in [-0.2, -0.15) is 0 Å². The maximum absolute atomic E-state index is 11.2. The van der Waals surface area contributed by atoms with Gasteiger partial charge in [0.25, 0.3) is 0 Å². The molecule has 4 nitrogen and oxygen atoms in total. The van der Waals surface area contributed by atoms with Crippen LogP contribution in [0.2, 0.25) is 0 Å². The molecule has 2 aromatic carbocycles. The van der Waals surface area contributed by atoms with Crippen LogP contribution in [0.25, 0.3) is 0 Å². The summed E-state index contributed by atoms with van der Waals surface area (Å²) in [6.45, 7) is 26.0. The summed E-state index contributed by atoms with van der Waals surface area (Å²) in [4.78, 5) is 10.1. The molecule has 1 aliphatic rings. The summed E-state index contributed by atoms with van der Waals surface area (Å²) >= 11 is 0. The van der Waals surface area contributed by atoms with Crippen molar-refractivity contribution in [1.82, 2.24) is 0 Å². The topological polar surface area (TPSA) is 65.2 Å². The van der Waals surface area contributed by atoms with Crippen LogP contribution in [0.4, 0.5) is 0 Å². The Morgan fingerprint density at radius 2 is 0.881 bits per heavy atom. The van der Waals surface area contributed by atoms with Crippen LogP contribution in [0.15, 0.2) is 34.3 Å². The number of benzene rings is 2. The summed E-state index contributed by atoms with van der Waals surface area (Å²) in [7, 11) is 0. The fourth-order valence-corrected chi connectivity index (χ4v) is 5.31. The number of phenols is 2. The summed E-state index contributed by atoms with van der Waals surface area (Å²) in [6, 6.07) is 8.53. The van der Waals surface area contributed by atoms with Crippen molar-refractivity contribution in [2.45, 2.75) is 143 Å². The molecule has 3 rings (SSSR count). The molecule has 0 bridgehead atoms. The Kier molecular flexibility index (Phi) is 12.6. The molecule has 0 spiro atoms. The van der Waals surface area contributed by atoms with Gasteiger partial charge in [0.2, 0.25) is 0 Å². The number of hydrogen-bond acceptors (Lipinski definition) is 4. The smallest absolute Gasteiger partial charge is 0.128 e. The molecule has 235 valence electrons. The Morgan fingerprint density at radius 3 is 1.14 bits per heavy atom. The number of hydrogen-bond donors (Lipinski definition) is 2. The fourth-order valence-electron chi connectivity index (χ4n) is 5.31. The van der Waals surface area contributed by atoms with Crippen molar-refractivity contribution in [3.8, 4) is 11.5 Å². The van der Waals surface area contributed by atoms with Crippen LogP contribution in [-0.4, -0.2) is 34.7 Å². The summed E-state index contributed by atoms with van der Waals surface area (Å²) < 4.78 is 0. The normalized spacial score (nSPS) is 18.7. The van der Waals surface area contributed by atoms with Crippen LogP contribution < -0.4 is 12.4 Å². The SMILES string of the molecule is CC(C)(C)c1cc(C=N[C@H]2CCCC[C@@H]2N=Cc2cc(C(C)(C)C)cc(C(C)(C)C)c2O)c(O)c(C(C)(C)C)c1.[Cl-].[Mn]. The first kappa shape index (κ1) is 38.2. The summed E-state index contributed by atoms with van der Waals surface area (Å²) in [6.07, 6.45) is 7.90. The quantitative estimate of drug-likeness (QED) is 0.313. The van der Waals surface area contributed by atoms with E-state index in [-0.39, 0.29) is 63.2 Å².